The molecule has 3 saturated heterocycles. The molecule has 0 aromatic carbocycles. The lowest BCUT2D eigenvalue weighted by Crippen LogP contribution is -2.66. The summed E-state index contributed by atoms with van der Waals surface area (Å²) in [4.78, 5) is 13.4. The van der Waals surface area contributed by atoms with E-state index in [-0.39, 0.29) is 18.9 Å². The van der Waals surface area contributed by atoms with E-state index < -0.39 is 124 Å². The third-order valence-corrected chi connectivity index (χ3v) is 16.6. The molecule has 17 atom stereocenters. The van der Waals surface area contributed by atoms with Crippen molar-refractivity contribution in [2.75, 3.05) is 26.4 Å². The highest BCUT2D eigenvalue weighted by atomic mass is 16.8. The highest BCUT2D eigenvalue weighted by Gasteiger charge is 2.53. The third-order valence-electron chi connectivity index (χ3n) is 16.6. The summed E-state index contributed by atoms with van der Waals surface area (Å²) in [6, 6.07) is -0.973. The Hall–Kier alpha value is -2.51. The smallest absolute Gasteiger partial charge is 0.220 e. The van der Waals surface area contributed by atoms with Crippen LogP contribution < -0.4 is 5.32 Å². The van der Waals surface area contributed by atoms with Gasteiger partial charge in [0, 0.05) is 6.42 Å². The van der Waals surface area contributed by atoms with Gasteiger partial charge in [0.2, 0.25) is 5.91 Å². The van der Waals surface area contributed by atoms with Gasteiger partial charge in [0.1, 0.15) is 73.2 Å². The largest absolute Gasteiger partial charge is 0.394 e. The molecule has 0 spiro atoms. The van der Waals surface area contributed by atoms with Gasteiger partial charge < -0.3 is 89.9 Å². The van der Waals surface area contributed by atoms with Crippen LogP contribution in [0.25, 0.3) is 0 Å². The van der Waals surface area contributed by atoms with Crippen molar-refractivity contribution in [1.29, 1.82) is 0 Å². The van der Waals surface area contributed by atoms with Crippen LogP contribution in [0.4, 0.5) is 0 Å². The lowest BCUT2D eigenvalue weighted by atomic mass is 9.96. The minimum Gasteiger partial charge on any atom is -0.394 e. The second kappa shape index (κ2) is 49.2. The minimum absolute atomic E-state index is 0.242. The average Bonchev–Trinajstić information content (AvgIpc) is 2.62. The number of hydrogen-bond acceptors (Lipinski definition) is 18. The van der Waals surface area contributed by atoms with Crippen LogP contribution in [0.1, 0.15) is 226 Å². The van der Waals surface area contributed by atoms with E-state index in [0.29, 0.717) is 6.42 Å². The molecule has 500 valence electrons. The fourth-order valence-corrected chi connectivity index (χ4v) is 11.1. The molecule has 19 nitrogen and oxygen atoms in total. The Bertz CT molecular complexity index is 1800. The van der Waals surface area contributed by atoms with Crippen LogP contribution in [0.2, 0.25) is 0 Å². The minimum atomic E-state index is -1.98. The standard InChI is InChI=1S/C67H119NO18/c1-3-5-7-9-11-13-15-17-18-19-20-21-22-23-24-25-26-27-28-29-30-31-32-33-35-37-39-41-43-45-55(73)68-50(51(72)44-42-40-38-36-34-16-14-12-10-8-6-4-2)49-81-65-61(79)58(76)63(53(47-70)83-65)86-67-62(80)59(77)64(54(48-71)84-67)85-66-60(78)57(75)56(74)52(46-69)82-66/h5,7,11,13,17-18,20-21,42,44,50-54,56-67,69-72,74-80H,3-4,6,8-10,12,14-16,19,22-41,43,45-49H2,1-2H3,(H,68,73)/b7-5-,13-11-,18-17-,21-20-,44-42+. The van der Waals surface area contributed by atoms with Crippen LogP contribution in [0.5, 0.6) is 0 Å². The van der Waals surface area contributed by atoms with Gasteiger partial charge in [-0.15, -0.1) is 0 Å². The van der Waals surface area contributed by atoms with Crippen molar-refractivity contribution < 1.29 is 89.4 Å². The maximum absolute atomic E-state index is 13.4. The number of hydrogen-bond donors (Lipinski definition) is 12. The van der Waals surface area contributed by atoms with Gasteiger partial charge in [0.25, 0.3) is 0 Å². The second-order valence-electron chi connectivity index (χ2n) is 23.9. The van der Waals surface area contributed by atoms with Gasteiger partial charge in [-0.3, -0.25) is 4.79 Å². The van der Waals surface area contributed by atoms with Crippen molar-refractivity contribution in [3.8, 4) is 0 Å². The molecule has 3 rings (SSSR count). The van der Waals surface area contributed by atoms with Gasteiger partial charge in [-0.25, -0.2) is 0 Å². The topological polar surface area (TPSA) is 307 Å². The molecule has 0 aromatic heterocycles. The van der Waals surface area contributed by atoms with Crippen LogP contribution in [0.3, 0.4) is 0 Å². The zero-order valence-electron chi connectivity index (χ0n) is 52.5. The molecule has 3 fully saturated rings. The number of carbonyl (C=O) groups excluding carboxylic acids is 1. The van der Waals surface area contributed by atoms with Crippen LogP contribution in [0.15, 0.2) is 60.8 Å². The molecule has 0 aliphatic carbocycles. The Kier molecular flexibility index (Phi) is 44.5. The first-order valence-corrected chi connectivity index (χ1v) is 33.5. The van der Waals surface area contributed by atoms with Crippen LogP contribution in [-0.2, 0) is 33.2 Å². The van der Waals surface area contributed by atoms with Gasteiger partial charge in [-0.1, -0.05) is 222 Å². The predicted octanol–water partition coefficient (Wildman–Crippen LogP) is 7.99. The summed E-state index contributed by atoms with van der Waals surface area (Å²) in [6.45, 7) is 1.60. The predicted molar refractivity (Wildman–Crippen MR) is 332 cm³/mol. The Morgan fingerprint density at radius 1 is 0.430 bits per heavy atom. The highest BCUT2D eigenvalue weighted by molar-refractivity contribution is 5.76. The molecule has 0 radical (unpaired) electrons. The Morgan fingerprint density at radius 3 is 1.26 bits per heavy atom. The van der Waals surface area contributed by atoms with Crippen molar-refractivity contribution in [1.82, 2.24) is 5.32 Å². The van der Waals surface area contributed by atoms with E-state index in [4.69, 9.17) is 28.4 Å². The molecule has 3 aliphatic rings. The number of nitrogens with one attached hydrogen (secondary N) is 1. The normalized spacial score (nSPS) is 29.2. The number of carbonyl (C=O) groups is 1. The van der Waals surface area contributed by atoms with Crippen LogP contribution in [-0.4, -0.2) is 193 Å². The Morgan fingerprint density at radius 2 is 0.802 bits per heavy atom. The number of aliphatic hydroxyl groups excluding tert-OH is 11. The van der Waals surface area contributed by atoms with Crippen molar-refractivity contribution >= 4 is 5.91 Å². The average molecular weight is 1230 g/mol. The SMILES string of the molecule is CC/C=C\C/C=C\C/C=C\C/C=C\CCCCCCCCCCCCCCCCCCC(=O)NC(COC1OC(CO)C(OC2OC(CO)C(OC3OC(CO)C(O)C(O)C3O)C(O)C2O)C(O)C1O)C(O)/C=C/CCCCCCCCCCCC. The molecule has 86 heavy (non-hydrogen) atoms. The lowest BCUT2D eigenvalue weighted by molar-refractivity contribution is -0.379. The number of aliphatic hydroxyl groups is 11. The molecular formula is C67H119NO18. The Balaban J connectivity index is 1.39. The molecule has 0 aromatic rings. The van der Waals surface area contributed by atoms with E-state index in [1.54, 1.807) is 6.08 Å². The second-order valence-corrected chi connectivity index (χ2v) is 23.9. The van der Waals surface area contributed by atoms with Gasteiger partial charge >= 0.3 is 0 Å². The summed E-state index contributed by atoms with van der Waals surface area (Å²) in [5.41, 5.74) is 0. The van der Waals surface area contributed by atoms with E-state index >= 15 is 0 Å². The first-order chi connectivity index (χ1) is 41.8. The van der Waals surface area contributed by atoms with Gasteiger partial charge in [-0.05, 0) is 57.8 Å². The maximum Gasteiger partial charge on any atom is 0.220 e. The maximum atomic E-state index is 13.4. The van der Waals surface area contributed by atoms with E-state index in [1.165, 1.54) is 128 Å². The van der Waals surface area contributed by atoms with Crippen molar-refractivity contribution in [2.45, 2.75) is 330 Å². The molecule has 0 bridgehead atoms. The van der Waals surface area contributed by atoms with Crippen LogP contribution >= 0.6 is 0 Å². The Labute approximate surface area is 515 Å². The van der Waals surface area contributed by atoms with E-state index in [1.807, 2.05) is 6.08 Å². The van der Waals surface area contributed by atoms with Gasteiger partial charge in [0.05, 0.1) is 38.6 Å². The van der Waals surface area contributed by atoms with Crippen molar-refractivity contribution in [2.24, 2.45) is 0 Å². The van der Waals surface area contributed by atoms with E-state index in [0.717, 1.165) is 70.6 Å². The lowest BCUT2D eigenvalue weighted by Gasteiger charge is -2.48. The number of allylic oxidation sites excluding steroid dienone is 9. The molecule has 3 aliphatic heterocycles. The van der Waals surface area contributed by atoms with Gasteiger partial charge in [0.15, 0.2) is 18.9 Å². The quantitative estimate of drug-likeness (QED) is 0.0203. The summed E-state index contributed by atoms with van der Waals surface area (Å²) >= 11 is 0. The number of amides is 1. The first kappa shape index (κ1) is 77.7. The van der Waals surface area contributed by atoms with E-state index in [9.17, 15) is 61.0 Å². The molecule has 3 heterocycles. The molecule has 19 heteroatoms. The molecule has 0 saturated carbocycles. The molecule has 1 amide bonds. The monoisotopic (exact) mass is 1230 g/mol. The number of rotatable bonds is 50. The first-order valence-electron chi connectivity index (χ1n) is 33.5. The van der Waals surface area contributed by atoms with E-state index in [2.05, 4.69) is 67.8 Å². The third kappa shape index (κ3) is 31.5. The van der Waals surface area contributed by atoms with Gasteiger partial charge in [-0.2, -0.15) is 0 Å². The summed E-state index contributed by atoms with van der Waals surface area (Å²) in [5.74, 6) is -0.277. The number of unbranched alkanes of at least 4 members (excludes halogenated alkanes) is 26. The summed E-state index contributed by atoms with van der Waals surface area (Å²) in [6.07, 6.45) is 32.1. The van der Waals surface area contributed by atoms with Crippen molar-refractivity contribution in [3.05, 3.63) is 60.8 Å². The zero-order valence-corrected chi connectivity index (χ0v) is 52.5. The van der Waals surface area contributed by atoms with Crippen LogP contribution in [0, 0.1) is 0 Å². The van der Waals surface area contributed by atoms with Crippen molar-refractivity contribution in [3.63, 3.8) is 0 Å². The molecular weight excluding hydrogens is 1110 g/mol. The molecule has 17 unspecified atom stereocenters. The zero-order chi connectivity index (χ0) is 62.6. The summed E-state index contributed by atoms with van der Waals surface area (Å²) in [5, 5.41) is 120. The molecule has 12 N–H and O–H groups in total. The fraction of sp³-hybridized carbons (Fsp3) is 0.836. The number of ether oxygens (including phenoxy) is 6. The fourth-order valence-electron chi connectivity index (χ4n) is 11.1. The highest BCUT2D eigenvalue weighted by Crippen LogP contribution is 2.33. The summed E-state index contributed by atoms with van der Waals surface area (Å²) < 4.78 is 34.3. The summed E-state index contributed by atoms with van der Waals surface area (Å²) in [7, 11) is 0.